The molecular formula is C21H26N2O4. The number of hydrogen-bond acceptors (Lipinski definition) is 5. The van der Waals surface area contributed by atoms with E-state index in [2.05, 4.69) is 24.1 Å². The molecule has 6 heteroatoms. The van der Waals surface area contributed by atoms with Crippen molar-refractivity contribution in [3.8, 4) is 17.2 Å². The van der Waals surface area contributed by atoms with Crippen molar-refractivity contribution in [3.63, 3.8) is 0 Å². The lowest BCUT2D eigenvalue weighted by molar-refractivity contribution is 0.102. The van der Waals surface area contributed by atoms with Crippen LogP contribution in [0.3, 0.4) is 0 Å². The Morgan fingerprint density at radius 2 is 1.81 bits per heavy atom. The Morgan fingerprint density at radius 3 is 2.59 bits per heavy atom. The first kappa shape index (κ1) is 19.0. The summed E-state index contributed by atoms with van der Waals surface area (Å²) in [5, 5.41) is 2.93. The number of fused-ring (bicyclic) bond motifs is 1. The summed E-state index contributed by atoms with van der Waals surface area (Å²) >= 11 is 0. The number of nitrogens with zero attached hydrogens (tertiary/aromatic N) is 1. The van der Waals surface area contributed by atoms with Gasteiger partial charge in [0.25, 0.3) is 5.91 Å². The fourth-order valence-corrected chi connectivity index (χ4v) is 2.90. The van der Waals surface area contributed by atoms with Crippen molar-refractivity contribution in [2.24, 2.45) is 0 Å². The lowest BCUT2D eigenvalue weighted by Gasteiger charge is -2.20. The van der Waals surface area contributed by atoms with Gasteiger partial charge in [0, 0.05) is 12.1 Å². The Balaban J connectivity index is 1.66. The minimum Gasteiger partial charge on any atom is -0.490 e. The van der Waals surface area contributed by atoms with Crippen LogP contribution in [-0.2, 0) is 0 Å². The standard InChI is InChI=1S/C21H26N2O4/c1-3-23(4-2)11-12-25-18-8-6-5-7-17(18)22-21(24)16-9-10-19-20(15-16)27-14-13-26-19/h5-10,15H,3-4,11-14H2,1-2H3,(H,22,24). The molecule has 6 nitrogen and oxygen atoms in total. The van der Waals surface area contributed by atoms with Gasteiger partial charge in [-0.1, -0.05) is 26.0 Å². The van der Waals surface area contributed by atoms with Gasteiger partial charge in [-0.2, -0.15) is 0 Å². The fraction of sp³-hybridized carbons (Fsp3) is 0.381. The number of para-hydroxylation sites is 2. The molecule has 0 spiro atoms. The van der Waals surface area contributed by atoms with Gasteiger partial charge < -0.3 is 24.4 Å². The van der Waals surface area contributed by atoms with Crippen molar-refractivity contribution in [2.75, 3.05) is 44.8 Å². The largest absolute Gasteiger partial charge is 0.490 e. The Hall–Kier alpha value is -2.73. The summed E-state index contributed by atoms with van der Waals surface area (Å²) in [5.74, 6) is 1.71. The van der Waals surface area contributed by atoms with Crippen molar-refractivity contribution in [1.82, 2.24) is 4.90 Å². The lowest BCUT2D eigenvalue weighted by atomic mass is 10.1. The summed E-state index contributed by atoms with van der Waals surface area (Å²) in [6, 6.07) is 12.7. The van der Waals surface area contributed by atoms with E-state index < -0.39 is 0 Å². The van der Waals surface area contributed by atoms with Crippen molar-refractivity contribution >= 4 is 11.6 Å². The Labute approximate surface area is 160 Å². The van der Waals surface area contributed by atoms with E-state index in [9.17, 15) is 4.79 Å². The van der Waals surface area contributed by atoms with Crippen LogP contribution in [0, 0.1) is 0 Å². The summed E-state index contributed by atoms with van der Waals surface area (Å²) in [6.45, 7) is 8.66. The number of ether oxygens (including phenoxy) is 3. The highest BCUT2D eigenvalue weighted by Crippen LogP contribution is 2.31. The third kappa shape index (κ3) is 4.92. The second kappa shape index (κ2) is 9.28. The molecule has 2 aromatic carbocycles. The number of rotatable bonds is 8. The van der Waals surface area contributed by atoms with Gasteiger partial charge in [0.1, 0.15) is 25.6 Å². The minimum absolute atomic E-state index is 0.216. The maximum absolute atomic E-state index is 12.7. The van der Waals surface area contributed by atoms with Crippen molar-refractivity contribution in [2.45, 2.75) is 13.8 Å². The normalized spacial score (nSPS) is 12.7. The van der Waals surface area contributed by atoms with Crippen LogP contribution in [0.4, 0.5) is 5.69 Å². The predicted molar refractivity (Wildman–Crippen MR) is 105 cm³/mol. The first-order chi connectivity index (χ1) is 13.2. The van der Waals surface area contributed by atoms with E-state index in [1.54, 1.807) is 18.2 Å². The van der Waals surface area contributed by atoms with Crippen molar-refractivity contribution in [1.29, 1.82) is 0 Å². The number of likely N-dealkylation sites (N-methyl/N-ethyl adjacent to an activating group) is 1. The number of nitrogens with one attached hydrogen (secondary N) is 1. The van der Waals surface area contributed by atoms with Crippen LogP contribution in [0.5, 0.6) is 17.2 Å². The molecular weight excluding hydrogens is 344 g/mol. The number of carbonyl (C=O) groups is 1. The molecule has 2 aromatic rings. The molecule has 1 heterocycles. The van der Waals surface area contributed by atoms with E-state index >= 15 is 0 Å². The summed E-state index contributed by atoms with van der Waals surface area (Å²) in [6.07, 6.45) is 0. The molecule has 0 radical (unpaired) electrons. The van der Waals surface area contributed by atoms with Gasteiger partial charge in [0.05, 0.1) is 5.69 Å². The van der Waals surface area contributed by atoms with Gasteiger partial charge in [0.2, 0.25) is 0 Å². The van der Waals surface area contributed by atoms with Crippen LogP contribution in [0.25, 0.3) is 0 Å². The molecule has 0 atom stereocenters. The minimum atomic E-state index is -0.216. The molecule has 1 aliphatic heterocycles. The van der Waals surface area contributed by atoms with Crippen LogP contribution < -0.4 is 19.5 Å². The molecule has 0 saturated carbocycles. The second-order valence-corrected chi connectivity index (χ2v) is 6.18. The van der Waals surface area contributed by atoms with Crippen LogP contribution >= 0.6 is 0 Å². The van der Waals surface area contributed by atoms with Crippen LogP contribution in [0.1, 0.15) is 24.2 Å². The smallest absolute Gasteiger partial charge is 0.255 e. The molecule has 0 aromatic heterocycles. The molecule has 0 bridgehead atoms. The Morgan fingerprint density at radius 1 is 1.07 bits per heavy atom. The molecule has 3 rings (SSSR count). The predicted octanol–water partition coefficient (Wildman–Crippen LogP) is 3.43. The highest BCUT2D eigenvalue weighted by atomic mass is 16.6. The fourth-order valence-electron chi connectivity index (χ4n) is 2.90. The first-order valence-electron chi connectivity index (χ1n) is 9.36. The van der Waals surface area contributed by atoms with Gasteiger partial charge in [-0.25, -0.2) is 0 Å². The molecule has 1 N–H and O–H groups in total. The topological polar surface area (TPSA) is 60.0 Å². The molecule has 0 unspecified atom stereocenters. The zero-order chi connectivity index (χ0) is 19.1. The summed E-state index contributed by atoms with van der Waals surface area (Å²) < 4.78 is 16.9. The van der Waals surface area contributed by atoms with Crippen LogP contribution in [-0.4, -0.2) is 50.3 Å². The zero-order valence-electron chi connectivity index (χ0n) is 15.9. The lowest BCUT2D eigenvalue weighted by Crippen LogP contribution is -2.28. The van der Waals surface area contributed by atoms with E-state index in [0.717, 1.165) is 19.6 Å². The van der Waals surface area contributed by atoms with E-state index in [0.29, 0.717) is 48.3 Å². The van der Waals surface area contributed by atoms with Gasteiger partial charge in [-0.3, -0.25) is 4.79 Å². The van der Waals surface area contributed by atoms with Gasteiger partial charge >= 0.3 is 0 Å². The third-order valence-electron chi connectivity index (χ3n) is 4.50. The number of benzene rings is 2. The molecule has 144 valence electrons. The molecule has 0 saturated heterocycles. The van der Waals surface area contributed by atoms with Crippen molar-refractivity contribution < 1.29 is 19.0 Å². The number of anilines is 1. The summed E-state index contributed by atoms with van der Waals surface area (Å²) in [7, 11) is 0. The van der Waals surface area contributed by atoms with Gasteiger partial charge in [-0.15, -0.1) is 0 Å². The number of carbonyl (C=O) groups excluding carboxylic acids is 1. The molecule has 0 fully saturated rings. The van der Waals surface area contributed by atoms with E-state index in [1.807, 2.05) is 24.3 Å². The van der Waals surface area contributed by atoms with E-state index in [4.69, 9.17) is 14.2 Å². The summed E-state index contributed by atoms with van der Waals surface area (Å²) in [4.78, 5) is 14.9. The monoisotopic (exact) mass is 370 g/mol. The van der Waals surface area contributed by atoms with Gasteiger partial charge in [0.15, 0.2) is 11.5 Å². The highest BCUT2D eigenvalue weighted by Gasteiger charge is 2.16. The first-order valence-corrected chi connectivity index (χ1v) is 9.36. The Kier molecular flexibility index (Phi) is 6.54. The maximum Gasteiger partial charge on any atom is 0.255 e. The molecule has 27 heavy (non-hydrogen) atoms. The second-order valence-electron chi connectivity index (χ2n) is 6.18. The molecule has 1 amide bonds. The maximum atomic E-state index is 12.7. The van der Waals surface area contributed by atoms with Crippen LogP contribution in [0.2, 0.25) is 0 Å². The average molecular weight is 370 g/mol. The molecule has 0 aliphatic carbocycles. The van der Waals surface area contributed by atoms with E-state index in [-0.39, 0.29) is 5.91 Å². The zero-order valence-corrected chi connectivity index (χ0v) is 15.9. The highest BCUT2D eigenvalue weighted by molar-refractivity contribution is 6.05. The number of amides is 1. The average Bonchev–Trinajstić information content (AvgIpc) is 2.72. The SMILES string of the molecule is CCN(CC)CCOc1ccccc1NC(=O)c1ccc2c(c1)OCCO2. The van der Waals surface area contributed by atoms with Gasteiger partial charge in [-0.05, 0) is 43.4 Å². The Bertz CT molecular complexity index is 775. The van der Waals surface area contributed by atoms with Crippen LogP contribution in [0.15, 0.2) is 42.5 Å². The third-order valence-corrected chi connectivity index (χ3v) is 4.50. The molecule has 1 aliphatic rings. The van der Waals surface area contributed by atoms with Crippen molar-refractivity contribution in [3.05, 3.63) is 48.0 Å². The van der Waals surface area contributed by atoms with E-state index in [1.165, 1.54) is 0 Å². The quantitative estimate of drug-likeness (QED) is 0.771. The summed E-state index contributed by atoms with van der Waals surface area (Å²) in [5.41, 5.74) is 1.16. The number of hydrogen-bond donors (Lipinski definition) is 1.